The Labute approximate surface area is 140 Å². The highest BCUT2D eigenvalue weighted by atomic mass is 19.2. The second-order valence-electron chi connectivity index (χ2n) is 5.62. The van der Waals surface area contributed by atoms with Crippen LogP contribution < -0.4 is 0 Å². The summed E-state index contributed by atoms with van der Waals surface area (Å²) in [4.78, 5) is 33.5. The number of cyclic esters (lactones) is 1. The molecule has 0 saturated carbocycles. The van der Waals surface area contributed by atoms with E-state index in [0.717, 1.165) is 0 Å². The predicted molar refractivity (Wildman–Crippen MR) is 79.4 cm³/mol. The number of oxime groups is 1. The number of halogens is 2. The second kappa shape index (κ2) is 5.76. The minimum atomic E-state index is -1.35. The largest absolute Gasteiger partial charge is 0.446 e. The summed E-state index contributed by atoms with van der Waals surface area (Å²) in [6, 6.07) is 4.60. The normalized spacial score (nSPS) is 28.2. The molecule has 0 spiro atoms. The van der Waals surface area contributed by atoms with Crippen molar-refractivity contribution in [1.29, 1.82) is 0 Å². The van der Waals surface area contributed by atoms with Gasteiger partial charge in [-0.05, 0) is 12.1 Å². The van der Waals surface area contributed by atoms with Gasteiger partial charge in [-0.1, -0.05) is 17.3 Å². The quantitative estimate of drug-likeness (QED) is 0.766. The molecule has 1 aromatic heterocycles. The third-order valence-electron chi connectivity index (χ3n) is 4.23. The molecule has 1 fully saturated rings. The van der Waals surface area contributed by atoms with Crippen molar-refractivity contribution >= 4 is 18.2 Å². The van der Waals surface area contributed by atoms with Crippen LogP contribution in [0.3, 0.4) is 0 Å². The minimum Gasteiger partial charge on any atom is -0.446 e. The van der Waals surface area contributed by atoms with Crippen LogP contribution in [0.4, 0.5) is 13.6 Å². The van der Waals surface area contributed by atoms with Gasteiger partial charge in [-0.2, -0.15) is 0 Å². The average molecular weight is 347 g/mol. The Kier molecular flexibility index (Phi) is 3.56. The number of carbonyl (C=O) groups is 2. The first-order chi connectivity index (χ1) is 12.1. The van der Waals surface area contributed by atoms with Crippen LogP contribution >= 0.6 is 0 Å². The van der Waals surface area contributed by atoms with Gasteiger partial charge in [0.1, 0.15) is 12.6 Å². The molecule has 1 saturated heterocycles. The van der Waals surface area contributed by atoms with Crippen LogP contribution in [0, 0.1) is 5.92 Å². The van der Waals surface area contributed by atoms with E-state index in [4.69, 9.17) is 9.57 Å². The number of ether oxygens (including phenoxy) is 1. The van der Waals surface area contributed by atoms with E-state index in [1.165, 1.54) is 11.0 Å². The number of fused-ring (bicyclic) bond motifs is 1. The molecule has 0 N–H and O–H groups in total. The van der Waals surface area contributed by atoms with Crippen molar-refractivity contribution in [2.75, 3.05) is 6.61 Å². The van der Waals surface area contributed by atoms with E-state index in [-0.39, 0.29) is 18.7 Å². The predicted octanol–water partition coefficient (Wildman–Crippen LogP) is 2.19. The fraction of sp³-hybridized carbons (Fsp3) is 0.250. The van der Waals surface area contributed by atoms with Crippen molar-refractivity contribution in [3.8, 4) is 0 Å². The highest BCUT2D eigenvalue weighted by Crippen LogP contribution is 2.40. The Hall–Kier alpha value is -3.10. The number of hydrogen-bond donors (Lipinski definition) is 0. The molecule has 0 radical (unpaired) electrons. The first-order valence-electron chi connectivity index (χ1n) is 7.45. The highest BCUT2D eigenvalue weighted by Gasteiger charge is 2.49. The van der Waals surface area contributed by atoms with Crippen molar-refractivity contribution in [3.05, 3.63) is 53.4 Å². The Morgan fingerprint density at radius 2 is 2.16 bits per heavy atom. The second-order valence-corrected chi connectivity index (χ2v) is 5.62. The van der Waals surface area contributed by atoms with Crippen LogP contribution in [0.2, 0.25) is 0 Å². The fourth-order valence-electron chi connectivity index (χ4n) is 3.03. The standard InChI is InChI=1S/C16H11F2N3O4/c17-12-8(6-22)5-9-14(13(12)18)25-20-15(9)21-11(7-24-16(21)23)10-3-1-2-4-19-10/h1-6,9,11,14H,7H2. The van der Waals surface area contributed by atoms with E-state index >= 15 is 0 Å². The average Bonchev–Trinajstić information content (AvgIpc) is 3.22. The molecular formula is C16H11F2N3O4. The molecule has 3 heterocycles. The topological polar surface area (TPSA) is 81.1 Å². The van der Waals surface area contributed by atoms with E-state index in [9.17, 15) is 18.4 Å². The molecule has 1 amide bonds. The van der Waals surface area contributed by atoms with Crippen molar-refractivity contribution in [2.24, 2.45) is 11.1 Å². The molecule has 128 valence electrons. The van der Waals surface area contributed by atoms with E-state index in [1.54, 1.807) is 24.4 Å². The number of amides is 1. The molecule has 7 nitrogen and oxygen atoms in total. The Morgan fingerprint density at radius 3 is 2.88 bits per heavy atom. The summed E-state index contributed by atoms with van der Waals surface area (Å²) in [6.45, 7) is 0.0309. The smallest absolute Gasteiger partial charge is 0.416 e. The summed E-state index contributed by atoms with van der Waals surface area (Å²) in [5.74, 6) is -3.38. The van der Waals surface area contributed by atoms with Gasteiger partial charge in [-0.3, -0.25) is 9.78 Å². The lowest BCUT2D eigenvalue weighted by Gasteiger charge is -2.25. The van der Waals surface area contributed by atoms with Gasteiger partial charge in [0.05, 0.1) is 11.6 Å². The van der Waals surface area contributed by atoms with Crippen LogP contribution in [0.1, 0.15) is 11.7 Å². The Balaban J connectivity index is 1.71. The molecule has 1 aromatic rings. The molecule has 25 heavy (non-hydrogen) atoms. The Bertz CT molecular complexity index is 837. The van der Waals surface area contributed by atoms with E-state index in [0.29, 0.717) is 5.69 Å². The molecule has 3 atom stereocenters. The molecule has 0 bridgehead atoms. The van der Waals surface area contributed by atoms with Gasteiger partial charge in [-0.15, -0.1) is 0 Å². The molecule has 0 aromatic carbocycles. The monoisotopic (exact) mass is 347 g/mol. The van der Waals surface area contributed by atoms with Crippen LogP contribution in [0.15, 0.2) is 52.9 Å². The zero-order chi connectivity index (χ0) is 17.6. The number of aldehydes is 1. The molecule has 3 aliphatic rings. The first kappa shape index (κ1) is 15.4. The van der Waals surface area contributed by atoms with Gasteiger partial charge in [0.25, 0.3) is 0 Å². The number of rotatable bonds is 2. The van der Waals surface area contributed by atoms with Crippen LogP contribution in [0.25, 0.3) is 0 Å². The van der Waals surface area contributed by atoms with Crippen LogP contribution in [0.5, 0.6) is 0 Å². The first-order valence-corrected chi connectivity index (χ1v) is 7.45. The summed E-state index contributed by atoms with van der Waals surface area (Å²) in [7, 11) is 0. The number of carbonyl (C=O) groups excluding carboxylic acids is 2. The van der Waals surface area contributed by atoms with Gasteiger partial charge in [-0.25, -0.2) is 18.5 Å². The molecule has 3 unspecified atom stereocenters. The molecule has 2 aliphatic heterocycles. The van der Waals surface area contributed by atoms with E-state index in [2.05, 4.69) is 10.1 Å². The number of nitrogens with zero attached hydrogens (tertiary/aromatic N) is 3. The summed E-state index contributed by atoms with van der Waals surface area (Å²) in [5, 5.41) is 3.75. The summed E-state index contributed by atoms with van der Waals surface area (Å²) in [6.07, 6.45) is 0.920. The molecule has 9 heteroatoms. The summed E-state index contributed by atoms with van der Waals surface area (Å²) >= 11 is 0. The summed E-state index contributed by atoms with van der Waals surface area (Å²) in [5.41, 5.74) is 0.107. The SMILES string of the molecule is O=CC1=CC2C(N3C(=O)OCC3c3ccccn3)=NOC2C(F)=C1F. The van der Waals surface area contributed by atoms with Gasteiger partial charge < -0.3 is 9.57 Å². The van der Waals surface area contributed by atoms with Crippen LogP contribution in [-0.2, 0) is 14.4 Å². The zero-order valence-corrected chi connectivity index (χ0v) is 12.6. The van der Waals surface area contributed by atoms with Gasteiger partial charge in [0.2, 0.25) is 0 Å². The third-order valence-corrected chi connectivity index (χ3v) is 4.23. The van der Waals surface area contributed by atoms with E-state index in [1.807, 2.05) is 0 Å². The lowest BCUT2D eigenvalue weighted by atomic mass is 9.90. The lowest BCUT2D eigenvalue weighted by Crippen LogP contribution is -2.40. The van der Waals surface area contributed by atoms with Crippen molar-refractivity contribution in [3.63, 3.8) is 0 Å². The minimum absolute atomic E-state index is 0.0309. The van der Waals surface area contributed by atoms with Gasteiger partial charge >= 0.3 is 6.09 Å². The molecular weight excluding hydrogens is 336 g/mol. The van der Waals surface area contributed by atoms with E-state index < -0.39 is 41.4 Å². The number of aromatic nitrogens is 1. The lowest BCUT2D eigenvalue weighted by molar-refractivity contribution is -0.104. The number of pyridine rings is 1. The van der Waals surface area contributed by atoms with Gasteiger partial charge in [0.15, 0.2) is 29.9 Å². The molecule has 4 rings (SSSR count). The molecule has 1 aliphatic carbocycles. The zero-order valence-electron chi connectivity index (χ0n) is 12.6. The van der Waals surface area contributed by atoms with Crippen molar-refractivity contribution in [2.45, 2.75) is 12.1 Å². The number of allylic oxidation sites excluding steroid dienone is 2. The summed E-state index contributed by atoms with van der Waals surface area (Å²) < 4.78 is 32.9. The maximum atomic E-state index is 14.1. The van der Waals surface area contributed by atoms with Gasteiger partial charge in [0, 0.05) is 11.8 Å². The third kappa shape index (κ3) is 2.31. The maximum absolute atomic E-state index is 14.1. The maximum Gasteiger partial charge on any atom is 0.416 e. The van der Waals surface area contributed by atoms with Crippen LogP contribution in [-0.4, -0.2) is 40.8 Å². The van der Waals surface area contributed by atoms with Crippen molar-refractivity contribution < 1.29 is 27.9 Å². The highest BCUT2D eigenvalue weighted by molar-refractivity contribution is 6.01. The number of amidine groups is 1. The Morgan fingerprint density at radius 1 is 1.32 bits per heavy atom. The number of hydrogen-bond acceptors (Lipinski definition) is 6. The van der Waals surface area contributed by atoms with Crippen molar-refractivity contribution in [1.82, 2.24) is 9.88 Å². The fourth-order valence-corrected chi connectivity index (χ4v) is 3.03.